The molecular formula is C25H33ClN8O. The fourth-order valence-electron chi connectivity index (χ4n) is 4.46. The van der Waals surface area contributed by atoms with E-state index in [0.29, 0.717) is 35.1 Å². The summed E-state index contributed by atoms with van der Waals surface area (Å²) < 4.78 is 0. The fraction of sp³-hybridized carbons (Fsp3) is 0.440. The third kappa shape index (κ3) is 6.10. The highest BCUT2D eigenvalue weighted by molar-refractivity contribution is 6.32. The molecule has 3 heterocycles. The van der Waals surface area contributed by atoms with Crippen molar-refractivity contribution in [1.82, 2.24) is 30.0 Å². The minimum atomic E-state index is 0.208. The van der Waals surface area contributed by atoms with Crippen molar-refractivity contribution in [2.75, 3.05) is 44.4 Å². The lowest BCUT2D eigenvalue weighted by atomic mass is 9.85. The van der Waals surface area contributed by atoms with Crippen molar-refractivity contribution in [1.29, 1.82) is 0 Å². The molecule has 2 aromatic heterocycles. The summed E-state index contributed by atoms with van der Waals surface area (Å²) in [6, 6.07) is 6.28. The molecule has 1 fully saturated rings. The Kier molecular flexibility index (Phi) is 7.57. The number of hydrogen-bond donors (Lipinski definition) is 3. The third-order valence-electron chi connectivity index (χ3n) is 6.29. The van der Waals surface area contributed by atoms with Gasteiger partial charge in [-0.3, -0.25) is 9.89 Å². The SMILES string of the molecule is Cc1cc(Nc2nc(Nc3cc(C)c(C4CCN(C(=O)CN(C)C)CC4)cc3C)ncc2Cl)n[nH]1. The standard InChI is InChI=1S/C25H33ClN8O/c1-15-11-21(28-25-27-13-20(26)24(30-25)29-22-12-17(3)31-32-22)16(2)10-19(15)18-6-8-34(9-7-18)23(35)14-33(4)5/h10-13,18H,6-9,14H2,1-5H3,(H3,27,28,29,30,31,32). The molecule has 3 N–H and O–H groups in total. The van der Waals surface area contributed by atoms with Crippen LogP contribution in [-0.4, -0.2) is 69.6 Å². The molecule has 0 saturated carbocycles. The number of halogens is 1. The van der Waals surface area contributed by atoms with Gasteiger partial charge in [-0.1, -0.05) is 17.7 Å². The Balaban J connectivity index is 1.45. The maximum atomic E-state index is 12.4. The Labute approximate surface area is 211 Å². The second-order valence-corrected chi connectivity index (χ2v) is 9.90. The second kappa shape index (κ2) is 10.6. The number of nitrogens with one attached hydrogen (secondary N) is 3. The Morgan fingerprint density at radius 3 is 2.54 bits per heavy atom. The molecule has 35 heavy (non-hydrogen) atoms. The van der Waals surface area contributed by atoms with Crippen LogP contribution in [-0.2, 0) is 4.79 Å². The molecule has 0 unspecified atom stereocenters. The summed E-state index contributed by atoms with van der Waals surface area (Å²) in [5, 5.41) is 13.9. The first-order valence-electron chi connectivity index (χ1n) is 11.8. The number of piperidine rings is 1. The predicted octanol–water partition coefficient (Wildman–Crippen LogP) is 4.53. The Morgan fingerprint density at radius 2 is 1.89 bits per heavy atom. The van der Waals surface area contributed by atoms with Gasteiger partial charge in [0.1, 0.15) is 5.02 Å². The highest BCUT2D eigenvalue weighted by atomic mass is 35.5. The minimum Gasteiger partial charge on any atom is -0.342 e. The van der Waals surface area contributed by atoms with Gasteiger partial charge in [-0.25, -0.2) is 4.98 Å². The van der Waals surface area contributed by atoms with Crippen LogP contribution in [0.3, 0.4) is 0 Å². The van der Waals surface area contributed by atoms with Crippen molar-refractivity contribution in [3.05, 3.63) is 51.8 Å². The summed E-state index contributed by atoms with van der Waals surface area (Å²) >= 11 is 6.29. The average molecular weight is 497 g/mol. The summed E-state index contributed by atoms with van der Waals surface area (Å²) in [5.41, 5.74) is 5.58. The number of benzene rings is 1. The van der Waals surface area contributed by atoms with E-state index in [0.717, 1.165) is 42.9 Å². The summed E-state index contributed by atoms with van der Waals surface area (Å²) in [5.74, 6) is 2.23. The van der Waals surface area contributed by atoms with Crippen LogP contribution in [0.4, 0.5) is 23.3 Å². The maximum absolute atomic E-state index is 12.4. The predicted molar refractivity (Wildman–Crippen MR) is 140 cm³/mol. The normalized spacial score (nSPS) is 14.4. The molecule has 0 aliphatic carbocycles. The number of likely N-dealkylation sites (tertiary alicyclic amines) is 1. The van der Waals surface area contributed by atoms with Gasteiger partial charge in [-0.2, -0.15) is 10.1 Å². The molecule has 186 valence electrons. The van der Waals surface area contributed by atoms with Crippen LogP contribution in [0.5, 0.6) is 0 Å². The van der Waals surface area contributed by atoms with Crippen LogP contribution < -0.4 is 10.6 Å². The molecule has 1 aliphatic rings. The van der Waals surface area contributed by atoms with Crippen molar-refractivity contribution >= 4 is 40.8 Å². The van der Waals surface area contributed by atoms with E-state index in [2.05, 4.69) is 56.8 Å². The highest BCUT2D eigenvalue weighted by Gasteiger charge is 2.25. The molecule has 0 bridgehead atoms. The van der Waals surface area contributed by atoms with Crippen LogP contribution >= 0.6 is 11.6 Å². The van der Waals surface area contributed by atoms with Crippen LogP contribution in [0.25, 0.3) is 0 Å². The Bertz CT molecular complexity index is 1200. The van der Waals surface area contributed by atoms with Crippen molar-refractivity contribution < 1.29 is 4.79 Å². The molecule has 0 radical (unpaired) electrons. The summed E-state index contributed by atoms with van der Waals surface area (Å²) in [6.07, 6.45) is 3.53. The van der Waals surface area contributed by atoms with E-state index in [1.165, 1.54) is 11.1 Å². The summed E-state index contributed by atoms with van der Waals surface area (Å²) in [7, 11) is 3.86. The number of amides is 1. The van der Waals surface area contributed by atoms with Gasteiger partial charge in [0.05, 0.1) is 12.7 Å². The number of carbonyl (C=O) groups excluding carboxylic acids is 1. The highest BCUT2D eigenvalue weighted by Crippen LogP contribution is 2.34. The zero-order valence-electron chi connectivity index (χ0n) is 20.9. The van der Waals surface area contributed by atoms with E-state index in [-0.39, 0.29) is 5.91 Å². The van der Waals surface area contributed by atoms with Crippen molar-refractivity contribution in [2.45, 2.75) is 39.5 Å². The van der Waals surface area contributed by atoms with E-state index in [1.54, 1.807) is 6.20 Å². The molecule has 1 aliphatic heterocycles. The molecule has 1 aromatic carbocycles. The molecule has 1 saturated heterocycles. The third-order valence-corrected chi connectivity index (χ3v) is 6.57. The number of nitrogens with zero attached hydrogens (tertiary/aromatic N) is 5. The zero-order chi connectivity index (χ0) is 25.1. The van der Waals surface area contributed by atoms with Gasteiger partial charge in [0.15, 0.2) is 11.6 Å². The quantitative estimate of drug-likeness (QED) is 0.441. The van der Waals surface area contributed by atoms with E-state index < -0.39 is 0 Å². The number of hydrogen-bond acceptors (Lipinski definition) is 7. The minimum absolute atomic E-state index is 0.208. The molecule has 3 aromatic rings. The van der Waals surface area contributed by atoms with Gasteiger partial charge in [-0.15, -0.1) is 0 Å². The Hall–Kier alpha value is -3.17. The average Bonchev–Trinajstić information content (AvgIpc) is 3.22. The number of rotatable bonds is 7. The van der Waals surface area contributed by atoms with E-state index in [9.17, 15) is 4.79 Å². The van der Waals surface area contributed by atoms with Crippen molar-refractivity contribution in [3.8, 4) is 0 Å². The number of carbonyl (C=O) groups is 1. The van der Waals surface area contributed by atoms with E-state index in [1.807, 2.05) is 36.9 Å². The second-order valence-electron chi connectivity index (χ2n) is 9.49. The Morgan fingerprint density at radius 1 is 1.14 bits per heavy atom. The number of aryl methyl sites for hydroxylation is 3. The van der Waals surface area contributed by atoms with Crippen LogP contribution in [0.2, 0.25) is 5.02 Å². The lowest BCUT2D eigenvalue weighted by Gasteiger charge is -2.33. The molecule has 4 rings (SSSR count). The first-order chi connectivity index (χ1) is 16.7. The molecule has 0 spiro atoms. The lowest BCUT2D eigenvalue weighted by Crippen LogP contribution is -2.42. The van der Waals surface area contributed by atoms with Crippen LogP contribution in [0.1, 0.15) is 41.1 Å². The van der Waals surface area contributed by atoms with E-state index in [4.69, 9.17) is 11.6 Å². The van der Waals surface area contributed by atoms with Crippen LogP contribution in [0.15, 0.2) is 24.4 Å². The van der Waals surface area contributed by atoms with Gasteiger partial charge in [0.25, 0.3) is 0 Å². The number of H-pyrrole nitrogens is 1. The summed E-state index contributed by atoms with van der Waals surface area (Å²) in [6.45, 7) is 8.23. The first-order valence-corrected chi connectivity index (χ1v) is 12.2. The maximum Gasteiger partial charge on any atom is 0.236 e. The number of anilines is 4. The zero-order valence-corrected chi connectivity index (χ0v) is 21.7. The number of aromatic amines is 1. The van der Waals surface area contributed by atoms with Gasteiger partial charge >= 0.3 is 0 Å². The molecule has 0 atom stereocenters. The smallest absolute Gasteiger partial charge is 0.236 e. The number of aromatic nitrogens is 4. The molecule has 1 amide bonds. The van der Waals surface area contributed by atoms with Gasteiger partial charge in [-0.05, 0) is 76.4 Å². The van der Waals surface area contributed by atoms with Gasteiger partial charge in [0.2, 0.25) is 11.9 Å². The van der Waals surface area contributed by atoms with Crippen molar-refractivity contribution in [2.24, 2.45) is 0 Å². The molecule has 10 heteroatoms. The molecule has 9 nitrogen and oxygen atoms in total. The fourth-order valence-corrected chi connectivity index (χ4v) is 4.60. The van der Waals surface area contributed by atoms with Gasteiger partial charge in [0, 0.05) is 30.5 Å². The van der Waals surface area contributed by atoms with Crippen molar-refractivity contribution in [3.63, 3.8) is 0 Å². The van der Waals surface area contributed by atoms with Gasteiger partial charge < -0.3 is 20.4 Å². The van der Waals surface area contributed by atoms with Crippen LogP contribution in [0, 0.1) is 20.8 Å². The lowest BCUT2D eigenvalue weighted by molar-refractivity contribution is -0.132. The summed E-state index contributed by atoms with van der Waals surface area (Å²) in [4.78, 5) is 25.2. The molecular weight excluding hydrogens is 464 g/mol. The largest absolute Gasteiger partial charge is 0.342 e. The first kappa shape index (κ1) is 24.9. The monoisotopic (exact) mass is 496 g/mol. The number of likely N-dealkylation sites (N-methyl/N-ethyl adjacent to an activating group) is 1. The van der Waals surface area contributed by atoms with E-state index >= 15 is 0 Å². The topological polar surface area (TPSA) is 102 Å².